The lowest BCUT2D eigenvalue weighted by molar-refractivity contribution is 0.0450. The molecular weight excluding hydrogens is 438 g/mol. The molecule has 3 aromatic rings. The van der Waals surface area contributed by atoms with Gasteiger partial charge in [0.05, 0.1) is 10.6 Å². The molecule has 162 valence electrons. The van der Waals surface area contributed by atoms with Crippen LogP contribution in [0.3, 0.4) is 0 Å². The normalized spacial score (nSPS) is 11.2. The number of rotatable bonds is 9. The third kappa shape index (κ3) is 6.30. The first kappa shape index (κ1) is 22.8. The van der Waals surface area contributed by atoms with Crippen molar-refractivity contribution < 1.29 is 22.7 Å². The van der Waals surface area contributed by atoms with Gasteiger partial charge in [0, 0.05) is 6.54 Å². The molecule has 1 N–H and O–H groups in total. The quantitative estimate of drug-likeness (QED) is 0.379. The average molecular weight is 460 g/mol. The molecule has 0 amide bonds. The Bertz CT molecular complexity index is 1150. The molecule has 31 heavy (non-hydrogen) atoms. The van der Waals surface area contributed by atoms with Crippen LogP contribution in [-0.2, 0) is 21.3 Å². The fourth-order valence-electron chi connectivity index (χ4n) is 2.78. The van der Waals surface area contributed by atoms with Gasteiger partial charge in [-0.25, -0.2) is 17.9 Å². The van der Waals surface area contributed by atoms with Gasteiger partial charge in [-0.15, -0.1) is 0 Å². The van der Waals surface area contributed by atoms with Gasteiger partial charge in [0.25, 0.3) is 0 Å². The lowest BCUT2D eigenvalue weighted by atomic mass is 10.2. The van der Waals surface area contributed by atoms with Crippen molar-refractivity contribution in [1.29, 1.82) is 0 Å². The van der Waals surface area contributed by atoms with Crippen LogP contribution in [0.25, 0.3) is 0 Å². The molecule has 0 aliphatic rings. The van der Waals surface area contributed by atoms with E-state index in [2.05, 4.69) is 4.72 Å². The molecule has 0 saturated carbocycles. The van der Waals surface area contributed by atoms with Crippen molar-refractivity contribution in [2.45, 2.75) is 18.4 Å². The predicted octanol–water partition coefficient (Wildman–Crippen LogP) is 4.36. The van der Waals surface area contributed by atoms with Gasteiger partial charge >= 0.3 is 5.97 Å². The number of halogens is 1. The van der Waals surface area contributed by atoms with Gasteiger partial charge in [-0.2, -0.15) is 0 Å². The molecule has 0 aromatic heterocycles. The van der Waals surface area contributed by atoms with Crippen molar-refractivity contribution in [3.63, 3.8) is 0 Å². The van der Waals surface area contributed by atoms with Crippen LogP contribution in [0, 0.1) is 6.92 Å². The van der Waals surface area contributed by atoms with Crippen molar-refractivity contribution in [3.05, 3.63) is 94.5 Å². The number of benzene rings is 3. The standard InChI is InChI=1S/C23H22ClNO5S/c1-17-7-5-6-10-21(17)29-13-14-30-23(26)19-11-12-20(24)22(15-19)31(27,28)25-16-18-8-3-2-4-9-18/h2-12,15,25H,13-14,16H2,1H3. The minimum Gasteiger partial charge on any atom is -0.490 e. The molecule has 8 heteroatoms. The number of carbonyl (C=O) groups is 1. The summed E-state index contributed by atoms with van der Waals surface area (Å²) in [6, 6.07) is 20.6. The zero-order valence-corrected chi connectivity index (χ0v) is 18.4. The molecule has 0 aliphatic carbocycles. The number of para-hydroxylation sites is 1. The Hall–Kier alpha value is -2.87. The Morgan fingerprint density at radius 3 is 2.42 bits per heavy atom. The van der Waals surface area contributed by atoms with Crippen molar-refractivity contribution in [3.8, 4) is 5.75 Å². The third-order valence-electron chi connectivity index (χ3n) is 4.43. The minimum atomic E-state index is -3.93. The molecule has 6 nitrogen and oxygen atoms in total. The van der Waals surface area contributed by atoms with E-state index in [9.17, 15) is 13.2 Å². The summed E-state index contributed by atoms with van der Waals surface area (Å²) in [5.74, 6) is 0.0486. The Morgan fingerprint density at radius 1 is 0.968 bits per heavy atom. The topological polar surface area (TPSA) is 81.7 Å². The summed E-state index contributed by atoms with van der Waals surface area (Å²) in [5.41, 5.74) is 1.86. The molecule has 0 radical (unpaired) electrons. The highest BCUT2D eigenvalue weighted by Crippen LogP contribution is 2.23. The highest BCUT2D eigenvalue weighted by atomic mass is 35.5. The number of carbonyl (C=O) groups excluding carboxylic acids is 1. The van der Waals surface area contributed by atoms with Crippen molar-refractivity contribution in [2.75, 3.05) is 13.2 Å². The molecule has 0 heterocycles. The molecule has 0 bridgehead atoms. The highest BCUT2D eigenvalue weighted by molar-refractivity contribution is 7.89. The van der Waals surface area contributed by atoms with Crippen LogP contribution < -0.4 is 9.46 Å². The first-order valence-corrected chi connectivity index (χ1v) is 11.4. The molecule has 0 atom stereocenters. The van der Waals surface area contributed by atoms with Crippen LogP contribution in [0.2, 0.25) is 5.02 Å². The summed E-state index contributed by atoms with van der Waals surface area (Å²) in [7, 11) is -3.93. The second-order valence-corrected chi connectivity index (χ2v) is 8.85. The van der Waals surface area contributed by atoms with Crippen LogP contribution in [0.1, 0.15) is 21.5 Å². The van der Waals surface area contributed by atoms with Crippen LogP contribution in [0.4, 0.5) is 0 Å². The van der Waals surface area contributed by atoms with E-state index < -0.39 is 16.0 Å². The third-order valence-corrected chi connectivity index (χ3v) is 6.32. The predicted molar refractivity (Wildman–Crippen MR) is 119 cm³/mol. The number of esters is 1. The van der Waals surface area contributed by atoms with Crippen LogP contribution in [-0.4, -0.2) is 27.6 Å². The Morgan fingerprint density at radius 2 is 1.68 bits per heavy atom. The Balaban J connectivity index is 1.61. The van der Waals surface area contributed by atoms with Crippen LogP contribution >= 0.6 is 11.6 Å². The maximum Gasteiger partial charge on any atom is 0.338 e. The second kappa shape index (κ2) is 10.4. The smallest absolute Gasteiger partial charge is 0.338 e. The number of sulfonamides is 1. The molecule has 0 spiro atoms. The average Bonchev–Trinajstić information content (AvgIpc) is 2.77. The number of hydrogen-bond acceptors (Lipinski definition) is 5. The van der Waals surface area contributed by atoms with E-state index in [1.807, 2.05) is 49.4 Å². The van der Waals surface area contributed by atoms with Crippen molar-refractivity contribution in [2.24, 2.45) is 0 Å². The van der Waals surface area contributed by atoms with Gasteiger partial charge in [-0.05, 0) is 42.3 Å². The summed E-state index contributed by atoms with van der Waals surface area (Å²) in [6.07, 6.45) is 0. The zero-order chi connectivity index (χ0) is 22.3. The van der Waals surface area contributed by atoms with Gasteiger partial charge in [0.2, 0.25) is 10.0 Å². The lowest BCUT2D eigenvalue weighted by Gasteiger charge is -2.11. The SMILES string of the molecule is Cc1ccccc1OCCOC(=O)c1ccc(Cl)c(S(=O)(=O)NCc2ccccc2)c1. The highest BCUT2D eigenvalue weighted by Gasteiger charge is 2.20. The van der Waals surface area contributed by atoms with Crippen molar-refractivity contribution in [1.82, 2.24) is 4.72 Å². The second-order valence-electron chi connectivity index (χ2n) is 6.71. The van der Waals surface area contributed by atoms with Gasteiger partial charge in [-0.3, -0.25) is 0 Å². The first-order valence-electron chi connectivity index (χ1n) is 9.55. The summed E-state index contributed by atoms with van der Waals surface area (Å²) in [4.78, 5) is 12.2. The largest absolute Gasteiger partial charge is 0.490 e. The summed E-state index contributed by atoms with van der Waals surface area (Å²) in [5, 5.41) is 0.0139. The number of hydrogen-bond donors (Lipinski definition) is 1. The van der Waals surface area contributed by atoms with E-state index in [1.54, 1.807) is 12.1 Å². The number of ether oxygens (including phenoxy) is 2. The van der Waals surface area contributed by atoms with Crippen molar-refractivity contribution >= 4 is 27.6 Å². The fraction of sp³-hybridized carbons (Fsp3) is 0.174. The van der Waals surface area contributed by atoms with E-state index in [-0.39, 0.29) is 35.2 Å². The van der Waals surface area contributed by atoms with Crippen LogP contribution in [0.5, 0.6) is 5.75 Å². The fourth-order valence-corrected chi connectivity index (χ4v) is 4.32. The van der Waals surface area contributed by atoms with E-state index in [0.717, 1.165) is 11.1 Å². The van der Waals surface area contributed by atoms with E-state index in [1.165, 1.54) is 18.2 Å². The van der Waals surface area contributed by atoms with E-state index >= 15 is 0 Å². The Kier molecular flexibility index (Phi) is 7.68. The molecule has 0 aliphatic heterocycles. The minimum absolute atomic E-state index is 0.0139. The molecule has 3 rings (SSSR count). The zero-order valence-electron chi connectivity index (χ0n) is 16.9. The molecule has 3 aromatic carbocycles. The van der Waals surface area contributed by atoms with Gasteiger partial charge in [-0.1, -0.05) is 60.1 Å². The van der Waals surface area contributed by atoms with Gasteiger partial charge < -0.3 is 9.47 Å². The van der Waals surface area contributed by atoms with E-state index in [4.69, 9.17) is 21.1 Å². The molecule has 0 fully saturated rings. The van der Waals surface area contributed by atoms with Crippen LogP contribution in [0.15, 0.2) is 77.7 Å². The number of aryl methyl sites for hydroxylation is 1. The maximum absolute atomic E-state index is 12.7. The maximum atomic E-state index is 12.7. The molecule has 0 saturated heterocycles. The van der Waals surface area contributed by atoms with E-state index in [0.29, 0.717) is 5.75 Å². The van der Waals surface area contributed by atoms with Gasteiger partial charge in [0.15, 0.2) is 0 Å². The van der Waals surface area contributed by atoms with Gasteiger partial charge in [0.1, 0.15) is 23.9 Å². The molecule has 0 unspecified atom stereocenters. The lowest BCUT2D eigenvalue weighted by Crippen LogP contribution is -2.24. The Labute approximate surface area is 186 Å². The monoisotopic (exact) mass is 459 g/mol. The molecular formula is C23H22ClNO5S. The number of nitrogens with one attached hydrogen (secondary N) is 1. The summed E-state index contributed by atoms with van der Waals surface area (Å²) < 4.78 is 38.6. The summed E-state index contributed by atoms with van der Waals surface area (Å²) >= 11 is 6.09. The summed E-state index contributed by atoms with van der Waals surface area (Å²) in [6.45, 7) is 2.21. The first-order chi connectivity index (χ1) is 14.9.